The summed E-state index contributed by atoms with van der Waals surface area (Å²) in [6, 6.07) is 0. The molecule has 0 aromatic heterocycles. The van der Waals surface area contributed by atoms with E-state index in [1.54, 1.807) is 0 Å². The van der Waals surface area contributed by atoms with Crippen molar-refractivity contribution >= 4 is 15.4 Å². The van der Waals surface area contributed by atoms with Gasteiger partial charge in [0.1, 0.15) is 0 Å². The fourth-order valence-corrected chi connectivity index (χ4v) is 0.384. The molecule has 0 radical (unpaired) electrons. The number of hydrogen-bond donors (Lipinski definition) is 0. The number of carbonyl (C=O) groups is 1. The molecular weight excluding hydrogens is 108 g/mol. The van der Waals surface area contributed by atoms with Crippen molar-refractivity contribution in [1.29, 1.82) is 0 Å². The molecule has 0 aromatic carbocycles. The highest BCUT2D eigenvalue weighted by atomic mass is 32.2. The highest BCUT2D eigenvalue weighted by Crippen LogP contribution is 2.14. The van der Waals surface area contributed by atoms with Crippen LogP contribution < -0.4 is 0 Å². The highest BCUT2D eigenvalue weighted by Gasteiger charge is 2.46. The summed E-state index contributed by atoms with van der Waals surface area (Å²) in [5, 5.41) is -1.12. The van der Waals surface area contributed by atoms with E-state index in [2.05, 4.69) is 4.18 Å². The molecule has 4 nitrogen and oxygen atoms in total. The molecule has 0 unspecified atom stereocenters. The Morgan fingerprint density at radius 1 is 1.50 bits per heavy atom. The van der Waals surface area contributed by atoms with Crippen LogP contribution in [0.15, 0.2) is 0 Å². The van der Waals surface area contributed by atoms with Crippen molar-refractivity contribution in [2.45, 2.75) is 0 Å². The average Bonchev–Trinajstić information content (AvgIpc) is 1.73. The van der Waals surface area contributed by atoms with Crippen molar-refractivity contribution in [2.24, 2.45) is 0 Å². The van der Waals surface area contributed by atoms with Crippen LogP contribution in [0.4, 0.5) is 4.79 Å². The smallest absolute Gasteiger partial charge is 0.322 e. The summed E-state index contributed by atoms with van der Waals surface area (Å²) in [4.78, 5) is 9.40. The Labute approximate surface area is 33.8 Å². The van der Waals surface area contributed by atoms with Crippen LogP contribution in [0.2, 0.25) is 0 Å². The molecule has 0 N–H and O–H groups in total. The summed E-state index contributed by atoms with van der Waals surface area (Å²) in [6.45, 7) is 0. The molecule has 0 aromatic rings. The monoisotopic (exact) mass is 108 g/mol. The van der Waals surface area contributed by atoms with Crippen LogP contribution in [0.3, 0.4) is 0 Å². The lowest BCUT2D eigenvalue weighted by atomic mass is 11.6. The lowest BCUT2D eigenvalue weighted by molar-refractivity contribution is 0.249. The number of carbonyl (C=O) groups excluding carboxylic acids is 1. The largest absolute Gasteiger partial charge is 0.479 e. The van der Waals surface area contributed by atoms with Gasteiger partial charge in [0, 0.05) is 0 Å². The minimum atomic E-state index is -3.63. The third-order valence-corrected chi connectivity index (χ3v) is 1.07. The van der Waals surface area contributed by atoms with Crippen molar-refractivity contribution in [3.8, 4) is 0 Å². The van der Waals surface area contributed by atoms with Gasteiger partial charge in [-0.2, -0.15) is 8.42 Å². The predicted octanol–water partition coefficient (Wildman–Crippen LogP) is -0.534. The van der Waals surface area contributed by atoms with Gasteiger partial charge in [0.05, 0.1) is 0 Å². The first-order valence-electron chi connectivity index (χ1n) is 1.11. The van der Waals surface area contributed by atoms with E-state index in [-0.39, 0.29) is 0 Å². The summed E-state index contributed by atoms with van der Waals surface area (Å²) in [5.74, 6) is 0. The van der Waals surface area contributed by atoms with E-state index >= 15 is 0 Å². The summed E-state index contributed by atoms with van der Waals surface area (Å²) in [6.07, 6.45) is 0. The minimum absolute atomic E-state index is 1.12. The normalized spacial score (nSPS) is 25.7. The Morgan fingerprint density at radius 2 is 1.67 bits per heavy atom. The molecule has 1 aliphatic heterocycles. The van der Waals surface area contributed by atoms with Crippen molar-refractivity contribution in [3.63, 3.8) is 0 Å². The molecule has 34 valence electrons. The molecule has 5 heteroatoms. The molecule has 0 amide bonds. The molecule has 1 fully saturated rings. The molecule has 0 aliphatic carbocycles. The van der Waals surface area contributed by atoms with Crippen LogP contribution in [0.1, 0.15) is 0 Å². The van der Waals surface area contributed by atoms with Crippen molar-refractivity contribution in [1.82, 2.24) is 0 Å². The van der Waals surface area contributed by atoms with Gasteiger partial charge in [0.15, 0.2) is 0 Å². The molecular formula is CO4S. The second kappa shape index (κ2) is 0.583. The zero-order valence-corrected chi connectivity index (χ0v) is 3.36. The van der Waals surface area contributed by atoms with Crippen LogP contribution in [0.5, 0.6) is 0 Å². The summed E-state index contributed by atoms with van der Waals surface area (Å²) in [5.41, 5.74) is 0. The first-order chi connectivity index (χ1) is 2.63. The van der Waals surface area contributed by atoms with Gasteiger partial charge in [-0.3, -0.25) is 0 Å². The first-order valence-corrected chi connectivity index (χ1v) is 2.52. The maximum atomic E-state index is 9.50. The molecule has 1 rings (SSSR count). The second-order valence-electron chi connectivity index (χ2n) is 0.787. The summed E-state index contributed by atoms with van der Waals surface area (Å²) < 4.78 is 22.4. The van der Waals surface area contributed by atoms with Crippen LogP contribution >= 0.6 is 0 Å². The van der Waals surface area contributed by atoms with Gasteiger partial charge in [-0.25, -0.2) is 4.79 Å². The molecule has 6 heavy (non-hydrogen) atoms. The van der Waals surface area contributed by atoms with Crippen LogP contribution in [0.25, 0.3) is 0 Å². The molecule has 0 atom stereocenters. The van der Waals surface area contributed by atoms with Crippen molar-refractivity contribution < 1.29 is 17.4 Å². The molecule has 1 saturated heterocycles. The van der Waals surface area contributed by atoms with E-state index in [1.165, 1.54) is 0 Å². The molecule has 0 bridgehead atoms. The Balaban J connectivity index is 3.24. The number of hydrogen-bond acceptors (Lipinski definition) is 4. The van der Waals surface area contributed by atoms with Crippen molar-refractivity contribution in [2.75, 3.05) is 0 Å². The molecule has 0 saturated carbocycles. The zero-order valence-electron chi connectivity index (χ0n) is 2.54. The van der Waals surface area contributed by atoms with Gasteiger partial charge in [-0.15, -0.1) is 0 Å². The van der Waals surface area contributed by atoms with Crippen LogP contribution in [0, 0.1) is 0 Å². The van der Waals surface area contributed by atoms with Gasteiger partial charge < -0.3 is 4.18 Å². The maximum absolute atomic E-state index is 9.50. The SMILES string of the molecule is O=C1OS1(=O)=O. The standard InChI is InChI=1S/CO4S/c2-1-5-6(1,3)4. The average molecular weight is 108 g/mol. The zero-order chi connectivity index (χ0) is 4.78. The summed E-state index contributed by atoms with van der Waals surface area (Å²) >= 11 is 0. The lowest BCUT2D eigenvalue weighted by Gasteiger charge is -1.37. The molecule has 1 aliphatic rings. The van der Waals surface area contributed by atoms with Crippen molar-refractivity contribution in [3.05, 3.63) is 0 Å². The van der Waals surface area contributed by atoms with E-state index in [4.69, 9.17) is 0 Å². The topological polar surface area (TPSA) is 63.7 Å². The van der Waals surface area contributed by atoms with Gasteiger partial charge in [-0.1, -0.05) is 0 Å². The van der Waals surface area contributed by atoms with E-state index < -0.39 is 15.4 Å². The first kappa shape index (κ1) is 3.60. The predicted molar refractivity (Wildman–Crippen MR) is 15.4 cm³/mol. The quantitative estimate of drug-likeness (QED) is 0.391. The van der Waals surface area contributed by atoms with Gasteiger partial charge in [0.2, 0.25) is 0 Å². The van der Waals surface area contributed by atoms with E-state index in [0.29, 0.717) is 0 Å². The summed E-state index contributed by atoms with van der Waals surface area (Å²) in [7, 11) is -3.63. The Kier molecular flexibility index (Phi) is 0.350. The Morgan fingerprint density at radius 3 is 1.67 bits per heavy atom. The van der Waals surface area contributed by atoms with Crippen LogP contribution in [-0.4, -0.2) is 13.7 Å². The number of rotatable bonds is 0. The fourth-order valence-electron chi connectivity index (χ4n) is 0.0726. The minimum Gasteiger partial charge on any atom is -0.322 e. The van der Waals surface area contributed by atoms with Crippen LogP contribution in [-0.2, 0) is 14.3 Å². The fraction of sp³-hybridized carbons (Fsp3) is 0. The third-order valence-electron chi connectivity index (χ3n) is 0.355. The second-order valence-corrected chi connectivity index (χ2v) is 2.20. The Bertz CT molecular complexity index is 174. The van der Waals surface area contributed by atoms with E-state index in [0.717, 1.165) is 0 Å². The third kappa shape index (κ3) is 0.283. The van der Waals surface area contributed by atoms with E-state index in [1.807, 2.05) is 0 Å². The highest BCUT2D eigenvalue weighted by molar-refractivity contribution is 8.10. The Hall–Kier alpha value is -0.580. The van der Waals surface area contributed by atoms with Gasteiger partial charge in [-0.05, 0) is 0 Å². The molecule has 1 heterocycles. The van der Waals surface area contributed by atoms with E-state index in [9.17, 15) is 13.2 Å². The lowest BCUT2D eigenvalue weighted by Crippen LogP contribution is -1.65. The van der Waals surface area contributed by atoms with Gasteiger partial charge >= 0.3 is 15.4 Å². The molecule has 0 spiro atoms. The maximum Gasteiger partial charge on any atom is 0.479 e. The van der Waals surface area contributed by atoms with Gasteiger partial charge in [0.25, 0.3) is 0 Å².